The fraction of sp³-hybridized carbons (Fsp3) is 0.625. The van der Waals surface area contributed by atoms with E-state index in [4.69, 9.17) is 0 Å². The second-order valence-corrected chi connectivity index (χ2v) is 5.42. The summed E-state index contributed by atoms with van der Waals surface area (Å²) in [4.78, 5) is 5.20. The van der Waals surface area contributed by atoms with E-state index in [0.717, 1.165) is 13.1 Å². The van der Waals surface area contributed by atoms with Crippen molar-refractivity contribution < 1.29 is 0 Å². The van der Waals surface area contributed by atoms with Crippen LogP contribution in [0.15, 0.2) is 30.3 Å². The lowest BCUT2D eigenvalue weighted by molar-refractivity contribution is 0.0900. The van der Waals surface area contributed by atoms with E-state index in [0.29, 0.717) is 6.04 Å². The van der Waals surface area contributed by atoms with Crippen molar-refractivity contribution in [3.8, 4) is 0 Å². The van der Waals surface area contributed by atoms with Crippen molar-refractivity contribution >= 4 is 0 Å². The summed E-state index contributed by atoms with van der Waals surface area (Å²) in [6.07, 6.45) is 1.24. The molecule has 0 saturated carbocycles. The minimum atomic E-state index is 0.698. The number of benzene rings is 1. The van der Waals surface area contributed by atoms with E-state index >= 15 is 0 Å². The monoisotopic (exact) mass is 261 g/mol. The van der Waals surface area contributed by atoms with E-state index in [9.17, 15) is 0 Å². The number of hydrogen-bond donors (Lipinski definition) is 1. The highest BCUT2D eigenvalue weighted by atomic mass is 15.3. The van der Waals surface area contributed by atoms with Gasteiger partial charge in [-0.1, -0.05) is 37.3 Å². The van der Waals surface area contributed by atoms with Crippen LogP contribution in [0.2, 0.25) is 0 Å². The number of nitrogens with zero attached hydrogens (tertiary/aromatic N) is 2. The first kappa shape index (κ1) is 14.5. The van der Waals surface area contributed by atoms with Crippen LogP contribution in [-0.4, -0.2) is 55.6 Å². The molecule has 0 aliphatic carbocycles. The van der Waals surface area contributed by atoms with Gasteiger partial charge in [-0.15, -0.1) is 0 Å². The van der Waals surface area contributed by atoms with Crippen molar-refractivity contribution in [1.82, 2.24) is 15.1 Å². The van der Waals surface area contributed by atoms with Crippen molar-refractivity contribution in [2.45, 2.75) is 25.9 Å². The highest BCUT2D eigenvalue weighted by molar-refractivity contribution is 5.14. The molecule has 1 unspecified atom stereocenters. The summed E-state index contributed by atoms with van der Waals surface area (Å²) in [6, 6.07) is 11.5. The molecule has 1 aliphatic heterocycles. The van der Waals surface area contributed by atoms with Crippen molar-refractivity contribution in [1.29, 1.82) is 0 Å². The Balaban J connectivity index is 1.79. The topological polar surface area (TPSA) is 18.5 Å². The third-order valence-electron chi connectivity index (χ3n) is 4.08. The number of likely N-dealkylation sites (N-methyl/N-ethyl adjacent to an activating group) is 1. The summed E-state index contributed by atoms with van der Waals surface area (Å²) >= 11 is 0. The van der Waals surface area contributed by atoms with Crippen LogP contribution in [0.1, 0.15) is 18.9 Å². The highest BCUT2D eigenvalue weighted by Gasteiger charge is 2.22. The quantitative estimate of drug-likeness (QED) is 0.842. The molecule has 1 saturated heterocycles. The minimum absolute atomic E-state index is 0.698. The average Bonchev–Trinajstić information content (AvgIpc) is 2.47. The van der Waals surface area contributed by atoms with Crippen LogP contribution in [0.25, 0.3) is 0 Å². The van der Waals surface area contributed by atoms with Gasteiger partial charge in [0, 0.05) is 45.3 Å². The molecule has 1 aromatic rings. The van der Waals surface area contributed by atoms with Crippen LogP contribution in [0.4, 0.5) is 0 Å². The van der Waals surface area contributed by atoms with Crippen molar-refractivity contribution in [3.05, 3.63) is 35.9 Å². The molecule has 2 rings (SSSR count). The van der Waals surface area contributed by atoms with Gasteiger partial charge in [-0.05, 0) is 19.0 Å². The molecule has 1 N–H and O–H groups in total. The summed E-state index contributed by atoms with van der Waals surface area (Å²) in [5.74, 6) is 0. The van der Waals surface area contributed by atoms with Crippen molar-refractivity contribution in [2.24, 2.45) is 0 Å². The van der Waals surface area contributed by atoms with E-state index < -0.39 is 0 Å². The van der Waals surface area contributed by atoms with Crippen molar-refractivity contribution in [3.63, 3.8) is 0 Å². The van der Waals surface area contributed by atoms with Crippen LogP contribution in [0, 0.1) is 0 Å². The molecule has 1 aromatic carbocycles. The van der Waals surface area contributed by atoms with Gasteiger partial charge in [0.2, 0.25) is 0 Å². The van der Waals surface area contributed by atoms with Gasteiger partial charge < -0.3 is 5.32 Å². The fourth-order valence-electron chi connectivity index (χ4n) is 2.90. The van der Waals surface area contributed by atoms with Crippen LogP contribution in [0.3, 0.4) is 0 Å². The van der Waals surface area contributed by atoms with E-state index in [2.05, 4.69) is 52.4 Å². The number of rotatable bonds is 6. The molecule has 1 atom stereocenters. The standard InChI is InChI=1S/C16H27N3/c1-3-16(13-17-2)19-11-9-18(10-12-19)14-15-7-5-4-6-8-15/h4-8,16-17H,3,9-14H2,1-2H3. The fourth-order valence-corrected chi connectivity index (χ4v) is 2.90. The van der Waals surface area contributed by atoms with Gasteiger partial charge in [-0.3, -0.25) is 9.80 Å². The van der Waals surface area contributed by atoms with E-state index in [1.54, 1.807) is 0 Å². The molecule has 19 heavy (non-hydrogen) atoms. The van der Waals surface area contributed by atoms with Gasteiger partial charge in [0.05, 0.1) is 0 Å². The lowest BCUT2D eigenvalue weighted by atomic mass is 10.1. The Labute approximate surface area is 117 Å². The van der Waals surface area contributed by atoms with Gasteiger partial charge in [0.25, 0.3) is 0 Å². The smallest absolute Gasteiger partial charge is 0.0234 e. The lowest BCUT2D eigenvalue weighted by Gasteiger charge is -2.39. The zero-order valence-corrected chi connectivity index (χ0v) is 12.3. The molecular weight excluding hydrogens is 234 g/mol. The highest BCUT2D eigenvalue weighted by Crippen LogP contribution is 2.11. The molecule has 0 spiro atoms. The first-order valence-electron chi connectivity index (χ1n) is 7.48. The maximum atomic E-state index is 3.31. The zero-order valence-electron chi connectivity index (χ0n) is 12.3. The predicted molar refractivity (Wildman–Crippen MR) is 81.3 cm³/mol. The normalized spacial score (nSPS) is 19.5. The number of hydrogen-bond acceptors (Lipinski definition) is 3. The zero-order chi connectivity index (χ0) is 13.5. The molecule has 106 valence electrons. The predicted octanol–water partition coefficient (Wildman–Crippen LogP) is 1.80. The number of piperazine rings is 1. The summed E-state index contributed by atoms with van der Waals surface area (Å²) in [5, 5.41) is 3.31. The van der Waals surface area contributed by atoms with Gasteiger partial charge in [-0.25, -0.2) is 0 Å². The molecule has 3 heteroatoms. The molecule has 0 amide bonds. The molecular formula is C16H27N3. The molecule has 3 nitrogen and oxygen atoms in total. The summed E-state index contributed by atoms with van der Waals surface area (Å²) in [6.45, 7) is 9.27. The Morgan fingerprint density at radius 2 is 1.79 bits per heavy atom. The number of nitrogens with one attached hydrogen (secondary N) is 1. The second kappa shape index (κ2) is 7.63. The van der Waals surface area contributed by atoms with Gasteiger partial charge in [0.1, 0.15) is 0 Å². The third-order valence-corrected chi connectivity index (χ3v) is 4.08. The summed E-state index contributed by atoms with van der Waals surface area (Å²) in [7, 11) is 2.05. The molecule has 0 radical (unpaired) electrons. The maximum Gasteiger partial charge on any atom is 0.0234 e. The van der Waals surface area contributed by atoms with E-state index in [1.807, 2.05) is 7.05 Å². The average molecular weight is 261 g/mol. The first-order chi connectivity index (χ1) is 9.33. The first-order valence-corrected chi connectivity index (χ1v) is 7.48. The van der Waals surface area contributed by atoms with Gasteiger partial charge in [0.15, 0.2) is 0 Å². The van der Waals surface area contributed by atoms with E-state index in [1.165, 1.54) is 38.2 Å². The Hall–Kier alpha value is -0.900. The Bertz CT molecular complexity index is 344. The molecule has 1 aliphatic rings. The lowest BCUT2D eigenvalue weighted by Crippen LogP contribution is -2.52. The van der Waals surface area contributed by atoms with Crippen LogP contribution < -0.4 is 5.32 Å². The third kappa shape index (κ3) is 4.30. The Kier molecular flexibility index (Phi) is 5.83. The molecule has 1 fully saturated rings. The minimum Gasteiger partial charge on any atom is -0.318 e. The van der Waals surface area contributed by atoms with Crippen LogP contribution >= 0.6 is 0 Å². The van der Waals surface area contributed by atoms with Gasteiger partial charge >= 0.3 is 0 Å². The van der Waals surface area contributed by atoms with Crippen LogP contribution in [-0.2, 0) is 6.54 Å². The maximum absolute atomic E-state index is 3.31. The summed E-state index contributed by atoms with van der Waals surface area (Å²) < 4.78 is 0. The van der Waals surface area contributed by atoms with Crippen LogP contribution in [0.5, 0.6) is 0 Å². The molecule has 1 heterocycles. The largest absolute Gasteiger partial charge is 0.318 e. The Morgan fingerprint density at radius 1 is 1.11 bits per heavy atom. The molecule has 0 bridgehead atoms. The van der Waals surface area contributed by atoms with Crippen molar-refractivity contribution in [2.75, 3.05) is 39.8 Å². The Morgan fingerprint density at radius 3 is 2.37 bits per heavy atom. The molecule has 0 aromatic heterocycles. The SMILES string of the molecule is CCC(CNC)N1CCN(Cc2ccccc2)CC1. The van der Waals surface area contributed by atoms with E-state index in [-0.39, 0.29) is 0 Å². The second-order valence-electron chi connectivity index (χ2n) is 5.42. The van der Waals surface area contributed by atoms with Gasteiger partial charge in [-0.2, -0.15) is 0 Å². The summed E-state index contributed by atoms with van der Waals surface area (Å²) in [5.41, 5.74) is 1.43.